The molecule has 3 aromatic rings. The van der Waals surface area contributed by atoms with Gasteiger partial charge in [-0.1, -0.05) is 18.2 Å². The van der Waals surface area contributed by atoms with Crippen LogP contribution in [0.4, 0.5) is 15.8 Å². The van der Waals surface area contributed by atoms with E-state index in [0.29, 0.717) is 12.1 Å². The summed E-state index contributed by atoms with van der Waals surface area (Å²) in [7, 11) is 0. The van der Waals surface area contributed by atoms with Crippen molar-refractivity contribution in [1.82, 2.24) is 5.32 Å². The van der Waals surface area contributed by atoms with E-state index in [1.54, 1.807) is 40.5 Å². The van der Waals surface area contributed by atoms with Gasteiger partial charge in [-0.05, 0) is 59.8 Å². The molecule has 0 saturated carbocycles. The molecule has 2 amide bonds. The molecule has 1 atom stereocenters. The van der Waals surface area contributed by atoms with E-state index in [-0.39, 0.29) is 30.2 Å². The summed E-state index contributed by atoms with van der Waals surface area (Å²) >= 11 is 1.58. The maximum atomic E-state index is 13.3. The fraction of sp³-hybridized carbons (Fsp3) is 0.217. The lowest BCUT2D eigenvalue weighted by molar-refractivity contribution is -0.117. The second-order valence-electron chi connectivity index (χ2n) is 7.12. The van der Waals surface area contributed by atoms with Crippen molar-refractivity contribution in [1.29, 1.82) is 0 Å². The molecular weight excluding hydrogens is 401 g/mol. The van der Waals surface area contributed by atoms with Gasteiger partial charge in [0.1, 0.15) is 5.82 Å². The second kappa shape index (κ2) is 9.19. The molecule has 0 bridgehead atoms. The third-order valence-corrected chi connectivity index (χ3v) is 5.97. The van der Waals surface area contributed by atoms with Gasteiger partial charge >= 0.3 is 0 Å². The zero-order valence-corrected chi connectivity index (χ0v) is 17.1. The van der Waals surface area contributed by atoms with Crippen LogP contribution in [0.2, 0.25) is 0 Å². The van der Waals surface area contributed by atoms with Crippen molar-refractivity contribution in [3.63, 3.8) is 0 Å². The van der Waals surface area contributed by atoms with Crippen molar-refractivity contribution >= 4 is 34.5 Å². The number of amides is 2. The molecule has 0 unspecified atom stereocenters. The quantitative estimate of drug-likeness (QED) is 0.595. The number of thiophene rings is 1. The van der Waals surface area contributed by atoms with Crippen LogP contribution in [0.15, 0.2) is 66.0 Å². The van der Waals surface area contributed by atoms with Crippen LogP contribution in [0, 0.1) is 5.82 Å². The fourth-order valence-corrected chi connectivity index (χ4v) is 4.37. The van der Waals surface area contributed by atoms with Crippen LogP contribution in [0.5, 0.6) is 0 Å². The number of hydrogen-bond donors (Lipinski definition) is 2. The highest BCUT2D eigenvalue weighted by Crippen LogP contribution is 2.26. The Hall–Kier alpha value is -3.03. The Morgan fingerprint density at radius 2 is 1.87 bits per heavy atom. The molecule has 0 aliphatic carbocycles. The highest BCUT2D eigenvalue weighted by atomic mass is 32.1. The Morgan fingerprint density at radius 3 is 2.50 bits per heavy atom. The molecule has 2 aromatic carbocycles. The number of nitrogens with one attached hydrogen (secondary N) is 2. The summed E-state index contributed by atoms with van der Waals surface area (Å²) in [6.45, 7) is 0.842. The Kier molecular flexibility index (Phi) is 6.21. The average Bonchev–Trinajstić information content (AvgIpc) is 3.42. The highest BCUT2D eigenvalue weighted by molar-refractivity contribution is 7.10. The van der Waals surface area contributed by atoms with Crippen LogP contribution in [0.25, 0.3) is 0 Å². The van der Waals surface area contributed by atoms with Crippen molar-refractivity contribution < 1.29 is 14.0 Å². The van der Waals surface area contributed by atoms with Gasteiger partial charge in [0.15, 0.2) is 0 Å². The number of anilines is 2. The molecule has 5 nitrogen and oxygen atoms in total. The predicted molar refractivity (Wildman–Crippen MR) is 117 cm³/mol. The number of nitrogens with zero attached hydrogens (tertiary/aromatic N) is 1. The minimum absolute atomic E-state index is 0.103. The number of rotatable bonds is 7. The van der Waals surface area contributed by atoms with E-state index in [2.05, 4.69) is 10.6 Å². The van der Waals surface area contributed by atoms with Crippen molar-refractivity contribution in [2.75, 3.05) is 23.3 Å². The van der Waals surface area contributed by atoms with Gasteiger partial charge in [0.05, 0.1) is 12.6 Å². The molecular formula is C23H22FN3O2S. The normalized spacial score (nSPS) is 14.7. The Labute approximate surface area is 178 Å². The Morgan fingerprint density at radius 1 is 1.10 bits per heavy atom. The molecule has 1 aliphatic heterocycles. The van der Waals surface area contributed by atoms with E-state index in [1.807, 2.05) is 29.6 Å². The van der Waals surface area contributed by atoms with Gasteiger partial charge in [-0.3, -0.25) is 14.9 Å². The topological polar surface area (TPSA) is 61.4 Å². The number of carbonyl (C=O) groups is 2. The van der Waals surface area contributed by atoms with E-state index in [1.165, 1.54) is 12.1 Å². The van der Waals surface area contributed by atoms with Crippen LogP contribution in [0.1, 0.15) is 29.3 Å². The van der Waals surface area contributed by atoms with E-state index >= 15 is 0 Å². The summed E-state index contributed by atoms with van der Waals surface area (Å²) in [5.41, 5.74) is 2.42. The molecule has 154 valence electrons. The molecule has 0 spiro atoms. The number of benzene rings is 2. The maximum absolute atomic E-state index is 13.3. The van der Waals surface area contributed by atoms with Crippen LogP contribution in [0.3, 0.4) is 0 Å². The molecule has 4 rings (SSSR count). The van der Waals surface area contributed by atoms with E-state index < -0.39 is 0 Å². The number of carbonyl (C=O) groups excluding carboxylic acids is 2. The molecule has 1 aromatic heterocycles. The summed E-state index contributed by atoms with van der Waals surface area (Å²) in [5, 5.41) is 8.11. The highest BCUT2D eigenvalue weighted by Gasteiger charge is 2.21. The van der Waals surface area contributed by atoms with E-state index in [0.717, 1.165) is 29.1 Å². The van der Waals surface area contributed by atoms with Crippen molar-refractivity contribution in [2.45, 2.75) is 18.9 Å². The summed E-state index contributed by atoms with van der Waals surface area (Å²) in [5.74, 6) is -0.333. The third-order valence-electron chi connectivity index (χ3n) is 5.03. The molecule has 30 heavy (non-hydrogen) atoms. The van der Waals surface area contributed by atoms with Crippen molar-refractivity contribution in [3.8, 4) is 0 Å². The molecule has 1 aliphatic rings. The first-order chi connectivity index (χ1) is 14.6. The van der Waals surface area contributed by atoms with Crippen LogP contribution < -0.4 is 15.5 Å². The molecule has 7 heteroatoms. The van der Waals surface area contributed by atoms with Crippen LogP contribution in [-0.2, 0) is 9.59 Å². The molecule has 0 radical (unpaired) electrons. The minimum atomic E-state index is -0.291. The van der Waals surface area contributed by atoms with Gasteiger partial charge in [0.2, 0.25) is 11.8 Å². The van der Waals surface area contributed by atoms with Crippen LogP contribution in [-0.4, -0.2) is 24.9 Å². The first kappa shape index (κ1) is 20.3. The zero-order valence-electron chi connectivity index (χ0n) is 16.3. The Balaban J connectivity index is 1.38. The first-order valence-electron chi connectivity index (χ1n) is 9.83. The van der Waals surface area contributed by atoms with Gasteiger partial charge in [-0.2, -0.15) is 0 Å². The van der Waals surface area contributed by atoms with Gasteiger partial charge in [-0.15, -0.1) is 11.3 Å². The molecule has 2 heterocycles. The molecule has 2 N–H and O–H groups in total. The monoisotopic (exact) mass is 423 g/mol. The fourth-order valence-electron chi connectivity index (χ4n) is 3.54. The molecule has 1 saturated heterocycles. The number of halogens is 1. The van der Waals surface area contributed by atoms with Gasteiger partial charge < -0.3 is 10.2 Å². The second-order valence-corrected chi connectivity index (χ2v) is 8.10. The van der Waals surface area contributed by atoms with Gasteiger partial charge in [-0.25, -0.2) is 4.39 Å². The minimum Gasteiger partial charge on any atom is -0.325 e. The summed E-state index contributed by atoms with van der Waals surface area (Å²) in [6, 6.07) is 17.3. The zero-order chi connectivity index (χ0) is 20.9. The van der Waals surface area contributed by atoms with Gasteiger partial charge in [0, 0.05) is 29.2 Å². The molecule has 1 fully saturated rings. The average molecular weight is 424 g/mol. The third kappa shape index (κ3) is 4.75. The van der Waals surface area contributed by atoms with Crippen molar-refractivity contribution in [2.24, 2.45) is 0 Å². The summed E-state index contributed by atoms with van der Waals surface area (Å²) < 4.78 is 13.3. The Bertz CT molecular complexity index is 1000. The summed E-state index contributed by atoms with van der Waals surface area (Å²) in [4.78, 5) is 27.1. The van der Waals surface area contributed by atoms with E-state index in [4.69, 9.17) is 0 Å². The largest absolute Gasteiger partial charge is 0.325 e. The SMILES string of the molecule is O=C(CN[C@H](c1ccc(F)cc1)c1cccs1)Nc1ccc(N2CCCC2=O)cc1. The van der Waals surface area contributed by atoms with Crippen molar-refractivity contribution in [3.05, 3.63) is 82.3 Å². The first-order valence-corrected chi connectivity index (χ1v) is 10.7. The lowest BCUT2D eigenvalue weighted by atomic mass is 10.1. The standard InChI is InChI=1S/C23H22FN3O2S/c24-17-7-5-16(6-8-17)23(20-3-2-14-30-20)25-15-21(28)26-18-9-11-19(12-10-18)27-13-1-4-22(27)29/h2-3,5-12,14,23,25H,1,4,13,15H2,(H,26,28)/t23-/m1/s1. The maximum Gasteiger partial charge on any atom is 0.238 e. The van der Waals surface area contributed by atoms with E-state index in [9.17, 15) is 14.0 Å². The van der Waals surface area contributed by atoms with Crippen LogP contribution >= 0.6 is 11.3 Å². The predicted octanol–water partition coefficient (Wildman–Crippen LogP) is 4.33. The lowest BCUT2D eigenvalue weighted by Gasteiger charge is -2.18. The number of hydrogen-bond acceptors (Lipinski definition) is 4. The lowest BCUT2D eigenvalue weighted by Crippen LogP contribution is -2.31. The summed E-state index contributed by atoms with van der Waals surface area (Å²) in [6.07, 6.45) is 1.46. The van der Waals surface area contributed by atoms with Gasteiger partial charge in [0.25, 0.3) is 0 Å². The smallest absolute Gasteiger partial charge is 0.238 e.